The van der Waals surface area contributed by atoms with Crippen LogP contribution in [-0.2, 0) is 4.74 Å². The summed E-state index contributed by atoms with van der Waals surface area (Å²) in [5.41, 5.74) is 0.516. The maximum atomic E-state index is 11.9. The van der Waals surface area contributed by atoms with Crippen molar-refractivity contribution >= 4 is 5.97 Å². The van der Waals surface area contributed by atoms with Gasteiger partial charge < -0.3 is 14.4 Å². The number of hydrogen-bond acceptors (Lipinski definition) is 4. The fraction of sp³-hybridized carbons (Fsp3) is 0.562. The van der Waals surface area contributed by atoms with Crippen LogP contribution in [0.1, 0.15) is 30.1 Å². The Morgan fingerprint density at radius 3 is 2.70 bits per heavy atom. The number of esters is 1. The van der Waals surface area contributed by atoms with E-state index in [1.54, 1.807) is 13.0 Å². The molecule has 1 fully saturated rings. The average molecular weight is 277 g/mol. The lowest BCUT2D eigenvalue weighted by atomic mass is 9.98. The van der Waals surface area contributed by atoms with Crippen molar-refractivity contribution in [2.75, 3.05) is 33.4 Å². The van der Waals surface area contributed by atoms with Gasteiger partial charge in [0.25, 0.3) is 0 Å². The predicted molar refractivity (Wildman–Crippen MR) is 78.1 cm³/mol. The molecule has 2 rings (SSSR count). The normalized spacial score (nSPS) is 16.9. The number of carbonyl (C=O) groups excluding carboxylic acids is 1. The third-order valence-corrected chi connectivity index (χ3v) is 3.70. The number of benzene rings is 1. The summed E-state index contributed by atoms with van der Waals surface area (Å²) < 4.78 is 10.9. The summed E-state index contributed by atoms with van der Waals surface area (Å²) in [4.78, 5) is 14.2. The summed E-state index contributed by atoms with van der Waals surface area (Å²) in [7, 11) is 2.15. The van der Waals surface area contributed by atoms with Crippen LogP contribution in [0.5, 0.6) is 5.75 Å². The Morgan fingerprint density at radius 1 is 1.30 bits per heavy atom. The minimum absolute atomic E-state index is 0.313. The second kappa shape index (κ2) is 7.29. The lowest BCUT2D eigenvalue weighted by molar-refractivity contribution is 0.0520. The smallest absolute Gasteiger partial charge is 0.341 e. The Labute approximate surface area is 120 Å². The second-order valence-electron chi connectivity index (χ2n) is 5.27. The minimum atomic E-state index is -0.313. The van der Waals surface area contributed by atoms with Gasteiger partial charge in [-0.25, -0.2) is 4.79 Å². The van der Waals surface area contributed by atoms with E-state index in [2.05, 4.69) is 11.9 Å². The van der Waals surface area contributed by atoms with Gasteiger partial charge in [0.05, 0.1) is 13.2 Å². The summed E-state index contributed by atoms with van der Waals surface area (Å²) in [6, 6.07) is 7.30. The first-order valence-corrected chi connectivity index (χ1v) is 7.28. The molecule has 0 spiro atoms. The van der Waals surface area contributed by atoms with Crippen LogP contribution in [0.2, 0.25) is 0 Å². The SMILES string of the molecule is CCOC(=O)c1ccccc1OCC1CCN(C)CC1. The molecule has 1 aliphatic rings. The highest BCUT2D eigenvalue weighted by molar-refractivity contribution is 5.92. The van der Waals surface area contributed by atoms with Gasteiger partial charge in [0, 0.05) is 0 Å². The number of piperidine rings is 1. The molecule has 1 heterocycles. The molecule has 110 valence electrons. The zero-order chi connectivity index (χ0) is 14.4. The van der Waals surface area contributed by atoms with Gasteiger partial charge >= 0.3 is 5.97 Å². The fourth-order valence-corrected chi connectivity index (χ4v) is 2.41. The highest BCUT2D eigenvalue weighted by atomic mass is 16.5. The van der Waals surface area contributed by atoms with E-state index in [1.165, 1.54) is 0 Å². The fourth-order valence-electron chi connectivity index (χ4n) is 2.41. The summed E-state index contributed by atoms with van der Waals surface area (Å²) >= 11 is 0. The summed E-state index contributed by atoms with van der Waals surface area (Å²) in [6.07, 6.45) is 2.30. The first-order valence-electron chi connectivity index (χ1n) is 7.28. The lowest BCUT2D eigenvalue weighted by Gasteiger charge is -2.28. The van der Waals surface area contributed by atoms with Gasteiger partial charge in [-0.2, -0.15) is 0 Å². The molecular weight excluding hydrogens is 254 g/mol. The monoisotopic (exact) mass is 277 g/mol. The van der Waals surface area contributed by atoms with Gasteiger partial charge in [-0.15, -0.1) is 0 Å². The van der Waals surface area contributed by atoms with Gasteiger partial charge in [0.1, 0.15) is 11.3 Å². The molecule has 0 aliphatic carbocycles. The average Bonchev–Trinajstić information content (AvgIpc) is 2.47. The van der Waals surface area contributed by atoms with Crippen LogP contribution >= 0.6 is 0 Å². The maximum absolute atomic E-state index is 11.9. The molecule has 0 amide bonds. The zero-order valence-electron chi connectivity index (χ0n) is 12.3. The molecule has 1 saturated heterocycles. The van der Waals surface area contributed by atoms with E-state index in [9.17, 15) is 4.79 Å². The molecule has 1 aromatic rings. The third kappa shape index (κ3) is 3.97. The molecule has 0 atom stereocenters. The van der Waals surface area contributed by atoms with Crippen LogP contribution in [0.15, 0.2) is 24.3 Å². The second-order valence-corrected chi connectivity index (χ2v) is 5.27. The van der Waals surface area contributed by atoms with Gasteiger partial charge in [-0.1, -0.05) is 12.1 Å². The Morgan fingerprint density at radius 2 is 2.00 bits per heavy atom. The number of ether oxygens (including phenoxy) is 2. The molecule has 20 heavy (non-hydrogen) atoms. The van der Waals surface area contributed by atoms with Crippen LogP contribution < -0.4 is 4.74 Å². The standard InChI is InChI=1S/C16H23NO3/c1-3-19-16(18)14-6-4-5-7-15(14)20-12-13-8-10-17(2)11-9-13/h4-7,13H,3,8-12H2,1-2H3. The van der Waals surface area contributed by atoms with Crippen molar-refractivity contribution in [1.82, 2.24) is 4.90 Å². The number of nitrogens with zero attached hydrogens (tertiary/aromatic N) is 1. The number of carbonyl (C=O) groups is 1. The molecule has 0 saturated carbocycles. The van der Waals surface area contributed by atoms with Crippen molar-refractivity contribution in [2.24, 2.45) is 5.92 Å². The van der Waals surface area contributed by atoms with E-state index in [0.29, 0.717) is 30.4 Å². The molecule has 0 radical (unpaired) electrons. The molecule has 1 aromatic carbocycles. The molecule has 0 bridgehead atoms. The molecule has 0 N–H and O–H groups in total. The molecule has 0 aromatic heterocycles. The van der Waals surface area contributed by atoms with Crippen molar-refractivity contribution in [3.05, 3.63) is 29.8 Å². The topological polar surface area (TPSA) is 38.8 Å². The van der Waals surface area contributed by atoms with Crippen molar-refractivity contribution in [3.63, 3.8) is 0 Å². The minimum Gasteiger partial charge on any atom is -0.492 e. The third-order valence-electron chi connectivity index (χ3n) is 3.70. The van der Waals surface area contributed by atoms with Crippen molar-refractivity contribution in [1.29, 1.82) is 0 Å². The number of hydrogen-bond donors (Lipinski definition) is 0. The lowest BCUT2D eigenvalue weighted by Crippen LogP contribution is -2.32. The van der Waals surface area contributed by atoms with Crippen molar-refractivity contribution in [3.8, 4) is 5.75 Å². The Balaban J connectivity index is 1.94. The number of para-hydroxylation sites is 1. The quantitative estimate of drug-likeness (QED) is 0.775. The van der Waals surface area contributed by atoms with Gasteiger partial charge in [0.15, 0.2) is 0 Å². The molecule has 1 aliphatic heterocycles. The van der Waals surface area contributed by atoms with Gasteiger partial charge in [-0.3, -0.25) is 0 Å². The number of rotatable bonds is 5. The van der Waals surface area contributed by atoms with Gasteiger partial charge in [-0.05, 0) is 58.0 Å². The van der Waals surface area contributed by atoms with E-state index in [1.807, 2.05) is 18.2 Å². The first-order chi connectivity index (χ1) is 9.70. The van der Waals surface area contributed by atoms with Crippen molar-refractivity contribution in [2.45, 2.75) is 19.8 Å². The largest absolute Gasteiger partial charge is 0.492 e. The van der Waals surface area contributed by atoms with E-state index in [0.717, 1.165) is 25.9 Å². The summed E-state index contributed by atoms with van der Waals surface area (Å²) in [5, 5.41) is 0. The van der Waals surface area contributed by atoms with Gasteiger partial charge in [0.2, 0.25) is 0 Å². The van der Waals surface area contributed by atoms with Crippen molar-refractivity contribution < 1.29 is 14.3 Å². The summed E-state index contributed by atoms with van der Waals surface area (Å²) in [6.45, 7) is 5.09. The van der Waals surface area contributed by atoms with E-state index in [-0.39, 0.29) is 5.97 Å². The Bertz CT molecular complexity index is 439. The molecule has 4 heteroatoms. The Hall–Kier alpha value is -1.55. The molecule has 0 unspecified atom stereocenters. The van der Waals surface area contributed by atoms with E-state index in [4.69, 9.17) is 9.47 Å². The highest BCUT2D eigenvalue weighted by Crippen LogP contribution is 2.22. The first kappa shape index (κ1) is 14.9. The highest BCUT2D eigenvalue weighted by Gasteiger charge is 2.19. The Kier molecular flexibility index (Phi) is 5.41. The van der Waals surface area contributed by atoms with Crippen LogP contribution in [-0.4, -0.2) is 44.2 Å². The predicted octanol–water partition coefficient (Wildman–Crippen LogP) is 2.58. The zero-order valence-corrected chi connectivity index (χ0v) is 12.3. The van der Waals surface area contributed by atoms with E-state index >= 15 is 0 Å². The summed E-state index contributed by atoms with van der Waals surface area (Å²) in [5.74, 6) is 0.887. The molecular formula is C16H23NO3. The van der Waals surface area contributed by atoms with E-state index < -0.39 is 0 Å². The molecule has 4 nitrogen and oxygen atoms in total. The van der Waals surface area contributed by atoms with Crippen LogP contribution in [0.4, 0.5) is 0 Å². The van der Waals surface area contributed by atoms with Crippen LogP contribution in [0.25, 0.3) is 0 Å². The van der Waals surface area contributed by atoms with Crippen LogP contribution in [0, 0.1) is 5.92 Å². The van der Waals surface area contributed by atoms with Crippen LogP contribution in [0.3, 0.4) is 0 Å². The maximum Gasteiger partial charge on any atom is 0.341 e. The number of likely N-dealkylation sites (tertiary alicyclic amines) is 1.